The van der Waals surface area contributed by atoms with Gasteiger partial charge in [-0.15, -0.1) is 0 Å². The van der Waals surface area contributed by atoms with Gasteiger partial charge in [-0.05, 0) is 172 Å². The monoisotopic (exact) mass is 911 g/mol. The van der Waals surface area contributed by atoms with Crippen LogP contribution >= 0.6 is 0 Å². The van der Waals surface area contributed by atoms with Crippen LogP contribution in [0.1, 0.15) is 115 Å². The van der Waals surface area contributed by atoms with E-state index < -0.39 is 0 Å². The highest BCUT2D eigenvalue weighted by Gasteiger charge is 2.38. The molecule has 4 heterocycles. The highest BCUT2D eigenvalue weighted by molar-refractivity contribution is 5.33. The molecule has 5 nitrogen and oxygen atoms in total. The summed E-state index contributed by atoms with van der Waals surface area (Å²) in [5.74, 6) is 6.55. The van der Waals surface area contributed by atoms with Gasteiger partial charge in [0.15, 0.2) is 0 Å². The van der Waals surface area contributed by atoms with Crippen LogP contribution in [-0.4, -0.2) is 98.2 Å². The minimum absolute atomic E-state index is 0.527. The molecule has 4 saturated heterocycles. The van der Waals surface area contributed by atoms with E-state index in [0.717, 1.165) is 37.3 Å². The van der Waals surface area contributed by atoms with Crippen molar-refractivity contribution in [1.82, 2.24) is 19.6 Å². The van der Waals surface area contributed by atoms with Gasteiger partial charge < -0.3 is 19.4 Å². The van der Waals surface area contributed by atoms with Crippen LogP contribution in [-0.2, 0) is 13.0 Å². The van der Waals surface area contributed by atoms with Gasteiger partial charge in [-0.1, -0.05) is 140 Å². The molecule has 5 aliphatic rings. The summed E-state index contributed by atoms with van der Waals surface area (Å²) in [6, 6.07) is 52.2. The fourth-order valence-corrected chi connectivity index (χ4v) is 13.8. The average Bonchev–Trinajstić information content (AvgIpc) is 3.98. The lowest BCUT2D eigenvalue weighted by atomic mass is 9.81. The summed E-state index contributed by atoms with van der Waals surface area (Å²) in [4.78, 5) is 11.2. The lowest BCUT2D eigenvalue weighted by Crippen LogP contribution is -2.38. The molecule has 1 saturated carbocycles. The number of hydrogen-bond donors (Lipinski definition) is 0. The smallest absolute Gasteiger partial charge is 0.119 e. The molecule has 5 aromatic carbocycles. The maximum Gasteiger partial charge on any atom is 0.119 e. The molecular formula is C63H82N4O. The van der Waals surface area contributed by atoms with E-state index in [2.05, 4.69) is 166 Å². The van der Waals surface area contributed by atoms with Crippen molar-refractivity contribution < 1.29 is 4.74 Å². The molecule has 0 bridgehead atoms. The van der Waals surface area contributed by atoms with Crippen molar-refractivity contribution >= 4 is 0 Å². The first kappa shape index (κ1) is 47.4. The quantitative estimate of drug-likeness (QED) is 0.0871. The molecule has 5 fully saturated rings. The van der Waals surface area contributed by atoms with Crippen LogP contribution < -0.4 is 4.74 Å². The van der Waals surface area contributed by atoms with Gasteiger partial charge in [-0.2, -0.15) is 0 Å². The zero-order chi connectivity index (χ0) is 45.9. The first-order valence-corrected chi connectivity index (χ1v) is 27.3. The lowest BCUT2D eigenvalue weighted by Gasteiger charge is -2.35. The summed E-state index contributed by atoms with van der Waals surface area (Å²) in [7, 11) is 0. The number of benzene rings is 5. The van der Waals surface area contributed by atoms with E-state index in [4.69, 9.17) is 4.74 Å². The molecule has 0 aromatic heterocycles. The Kier molecular flexibility index (Phi) is 16.4. The molecule has 0 radical (unpaired) electrons. The maximum absolute atomic E-state index is 6.82. The van der Waals surface area contributed by atoms with Crippen molar-refractivity contribution in [3.63, 3.8) is 0 Å². The van der Waals surface area contributed by atoms with E-state index in [1.807, 2.05) is 0 Å². The van der Waals surface area contributed by atoms with Crippen LogP contribution in [0.5, 0.6) is 5.75 Å². The van der Waals surface area contributed by atoms with E-state index in [0.29, 0.717) is 35.5 Å². The zero-order valence-electron chi connectivity index (χ0n) is 41.6. The third-order valence-corrected chi connectivity index (χ3v) is 17.5. The Hall–Kier alpha value is -4.26. The molecule has 0 spiro atoms. The molecule has 0 N–H and O–H groups in total. The lowest BCUT2D eigenvalue weighted by molar-refractivity contribution is 0.144. The minimum atomic E-state index is 0.527. The molecule has 1 aliphatic carbocycles. The molecule has 0 amide bonds. The van der Waals surface area contributed by atoms with Crippen molar-refractivity contribution in [3.8, 4) is 5.75 Å². The number of aryl methyl sites for hydroxylation is 2. The number of piperidine rings is 2. The summed E-state index contributed by atoms with van der Waals surface area (Å²) in [5.41, 5.74) is 8.99. The van der Waals surface area contributed by atoms with Gasteiger partial charge in [0, 0.05) is 64.2 Å². The SMILES string of the molecule is Cc1ccccc1C1CCN(C[C@@H]2CN(CC3CCCC(COc4cccc([C@@H]5CN(Cc6ccccc6)C[C@H]5CN5CCC(CCCc6ccccc6)CC5)c4)C3)C[C@H]2c2ccccc2)CC1. The normalized spacial score (nSPS) is 26.1. The highest BCUT2D eigenvalue weighted by Crippen LogP contribution is 2.40. The molecule has 360 valence electrons. The Morgan fingerprint density at radius 2 is 1.10 bits per heavy atom. The van der Waals surface area contributed by atoms with Gasteiger partial charge in [-0.25, -0.2) is 0 Å². The summed E-state index contributed by atoms with van der Waals surface area (Å²) < 4.78 is 6.82. The van der Waals surface area contributed by atoms with Crippen LogP contribution in [0.2, 0.25) is 0 Å². The molecule has 5 aromatic rings. The summed E-state index contributed by atoms with van der Waals surface area (Å²) in [5, 5.41) is 0. The topological polar surface area (TPSA) is 22.2 Å². The van der Waals surface area contributed by atoms with Crippen molar-refractivity contribution in [3.05, 3.63) is 173 Å². The predicted octanol–water partition coefficient (Wildman–Crippen LogP) is 12.7. The van der Waals surface area contributed by atoms with Crippen LogP contribution in [0.4, 0.5) is 0 Å². The number of ether oxygens (including phenoxy) is 1. The standard InChI is InChI=1S/C63H82N4O/c1-49-16-11-12-29-61(49)56-32-36-65(37-33-56)42-58-44-67(46-62(58)55-25-9-4-10-26-55)41-53-23-14-24-54(38-53)48-68-60-28-15-27-57(39-60)63-47-66(40-52-19-7-3-8-20-52)45-59(63)43-64-34-30-51(31-35-64)22-13-21-50-17-5-2-6-18-50/h2-12,15-20,25-29,39,51,53-54,56,58-59,62-63H,13-14,21-24,30-38,40-48H2,1H3/t53?,54?,58-,59-,62+,63+/m1/s1. The summed E-state index contributed by atoms with van der Waals surface area (Å²) in [6.45, 7) is 17.6. The number of nitrogens with zero attached hydrogens (tertiary/aromatic N) is 4. The first-order valence-electron chi connectivity index (χ1n) is 27.3. The molecule has 2 unspecified atom stereocenters. The second-order valence-electron chi connectivity index (χ2n) is 22.4. The Morgan fingerprint density at radius 3 is 1.84 bits per heavy atom. The van der Waals surface area contributed by atoms with Gasteiger partial charge in [0.25, 0.3) is 0 Å². The van der Waals surface area contributed by atoms with Gasteiger partial charge in [0.05, 0.1) is 6.61 Å². The Bertz CT molecular complexity index is 2250. The van der Waals surface area contributed by atoms with E-state index in [1.54, 1.807) is 11.1 Å². The fourth-order valence-electron chi connectivity index (χ4n) is 13.8. The molecule has 68 heavy (non-hydrogen) atoms. The first-order chi connectivity index (χ1) is 33.5. The van der Waals surface area contributed by atoms with Crippen molar-refractivity contribution in [2.24, 2.45) is 29.6 Å². The molecule has 6 atom stereocenters. The summed E-state index contributed by atoms with van der Waals surface area (Å²) >= 11 is 0. The van der Waals surface area contributed by atoms with Crippen LogP contribution in [0, 0.1) is 36.5 Å². The average molecular weight is 911 g/mol. The van der Waals surface area contributed by atoms with Crippen molar-refractivity contribution in [2.45, 2.75) is 102 Å². The third-order valence-electron chi connectivity index (χ3n) is 17.5. The maximum atomic E-state index is 6.82. The molecule has 10 rings (SSSR count). The minimum Gasteiger partial charge on any atom is -0.493 e. The number of rotatable bonds is 18. The van der Waals surface area contributed by atoms with Crippen LogP contribution in [0.15, 0.2) is 140 Å². The molecular weight excluding hydrogens is 829 g/mol. The summed E-state index contributed by atoms with van der Waals surface area (Å²) in [6.07, 6.45) is 14.5. The third kappa shape index (κ3) is 12.7. The van der Waals surface area contributed by atoms with Crippen molar-refractivity contribution in [2.75, 3.05) is 78.6 Å². The Morgan fingerprint density at radius 1 is 0.500 bits per heavy atom. The second-order valence-corrected chi connectivity index (χ2v) is 22.4. The fraction of sp³-hybridized carbons (Fsp3) is 0.524. The van der Waals surface area contributed by atoms with Gasteiger partial charge in [0.2, 0.25) is 0 Å². The molecule has 5 heteroatoms. The second kappa shape index (κ2) is 23.6. The van der Waals surface area contributed by atoms with Crippen LogP contribution in [0.3, 0.4) is 0 Å². The number of hydrogen-bond acceptors (Lipinski definition) is 5. The largest absolute Gasteiger partial charge is 0.493 e. The number of likely N-dealkylation sites (tertiary alicyclic amines) is 4. The van der Waals surface area contributed by atoms with E-state index in [1.165, 1.54) is 158 Å². The predicted molar refractivity (Wildman–Crippen MR) is 283 cm³/mol. The van der Waals surface area contributed by atoms with Crippen LogP contribution in [0.25, 0.3) is 0 Å². The zero-order valence-corrected chi connectivity index (χ0v) is 41.6. The Balaban J connectivity index is 0.721. The van der Waals surface area contributed by atoms with Gasteiger partial charge in [-0.3, -0.25) is 4.90 Å². The Labute approximate surface area is 411 Å². The van der Waals surface area contributed by atoms with E-state index >= 15 is 0 Å². The van der Waals surface area contributed by atoms with Gasteiger partial charge in [0.1, 0.15) is 5.75 Å². The highest BCUT2D eigenvalue weighted by atomic mass is 16.5. The van der Waals surface area contributed by atoms with E-state index in [9.17, 15) is 0 Å². The van der Waals surface area contributed by atoms with E-state index in [-0.39, 0.29) is 0 Å². The van der Waals surface area contributed by atoms with Crippen molar-refractivity contribution in [1.29, 1.82) is 0 Å². The molecule has 4 aliphatic heterocycles. The van der Waals surface area contributed by atoms with Gasteiger partial charge >= 0.3 is 0 Å².